The number of amides is 2. The molecular formula is C21H23FN2O4. The van der Waals surface area contributed by atoms with Crippen molar-refractivity contribution in [3.8, 4) is 0 Å². The first-order valence-corrected chi connectivity index (χ1v) is 8.91. The fourth-order valence-corrected chi connectivity index (χ4v) is 2.67. The molecule has 3 N–H and O–H groups in total. The van der Waals surface area contributed by atoms with Gasteiger partial charge in [-0.3, -0.25) is 9.59 Å². The minimum atomic E-state index is -1.16. The van der Waals surface area contributed by atoms with Crippen LogP contribution in [0.1, 0.15) is 29.8 Å². The topological polar surface area (TPSA) is 95.5 Å². The zero-order valence-corrected chi connectivity index (χ0v) is 15.7. The van der Waals surface area contributed by atoms with E-state index >= 15 is 0 Å². The fraction of sp³-hybridized carbons (Fsp3) is 0.286. The first kappa shape index (κ1) is 21.1. The van der Waals surface area contributed by atoms with Crippen LogP contribution in [0.2, 0.25) is 0 Å². The predicted molar refractivity (Wildman–Crippen MR) is 102 cm³/mol. The van der Waals surface area contributed by atoms with Gasteiger partial charge in [-0.1, -0.05) is 44.2 Å². The molecule has 2 amide bonds. The summed E-state index contributed by atoms with van der Waals surface area (Å²) in [5.74, 6) is -3.04. The molecule has 2 aromatic carbocycles. The summed E-state index contributed by atoms with van der Waals surface area (Å²) in [5.41, 5.74) is 0.977. The second-order valence-electron chi connectivity index (χ2n) is 6.79. The maximum atomic E-state index is 13.0. The molecule has 0 spiro atoms. The predicted octanol–water partition coefficient (Wildman–Crippen LogP) is 2.39. The number of aliphatic carboxylic acids is 1. The van der Waals surface area contributed by atoms with E-state index in [1.54, 1.807) is 38.1 Å². The van der Waals surface area contributed by atoms with Gasteiger partial charge in [0.2, 0.25) is 5.91 Å². The number of carbonyl (C=O) groups is 3. The SMILES string of the molecule is CC(C)C(NC(=O)c1ccc(F)cc1)C(=O)NC(Cc1ccccc1)C(=O)O. The lowest BCUT2D eigenvalue weighted by molar-refractivity contribution is -0.142. The number of carboxylic acid groups (broad SMARTS) is 1. The molecule has 0 aliphatic carbocycles. The molecular weight excluding hydrogens is 363 g/mol. The Kier molecular flexibility index (Phi) is 7.26. The molecule has 2 unspecified atom stereocenters. The lowest BCUT2D eigenvalue weighted by atomic mass is 10.0. The molecule has 0 heterocycles. The van der Waals surface area contributed by atoms with Crippen molar-refractivity contribution in [1.82, 2.24) is 10.6 Å². The van der Waals surface area contributed by atoms with Crippen LogP contribution >= 0.6 is 0 Å². The van der Waals surface area contributed by atoms with E-state index in [4.69, 9.17) is 0 Å². The average molecular weight is 386 g/mol. The van der Waals surface area contributed by atoms with Gasteiger partial charge < -0.3 is 15.7 Å². The third-order valence-corrected chi connectivity index (χ3v) is 4.24. The molecule has 0 saturated heterocycles. The van der Waals surface area contributed by atoms with Gasteiger partial charge >= 0.3 is 5.97 Å². The molecule has 28 heavy (non-hydrogen) atoms. The Hall–Kier alpha value is -3.22. The van der Waals surface area contributed by atoms with E-state index in [-0.39, 0.29) is 17.9 Å². The highest BCUT2D eigenvalue weighted by Gasteiger charge is 2.29. The van der Waals surface area contributed by atoms with Gasteiger partial charge in [0.05, 0.1) is 0 Å². The van der Waals surface area contributed by atoms with Gasteiger partial charge in [0.25, 0.3) is 5.91 Å². The summed E-state index contributed by atoms with van der Waals surface area (Å²) >= 11 is 0. The minimum absolute atomic E-state index is 0.124. The molecule has 0 fully saturated rings. The Morgan fingerprint density at radius 1 is 0.964 bits per heavy atom. The van der Waals surface area contributed by atoms with Crippen molar-refractivity contribution in [2.45, 2.75) is 32.4 Å². The monoisotopic (exact) mass is 386 g/mol. The van der Waals surface area contributed by atoms with Gasteiger partial charge in [-0.2, -0.15) is 0 Å². The van der Waals surface area contributed by atoms with E-state index in [1.807, 2.05) is 6.07 Å². The zero-order valence-electron chi connectivity index (χ0n) is 15.7. The Bertz CT molecular complexity index is 822. The van der Waals surface area contributed by atoms with Gasteiger partial charge in [0.1, 0.15) is 17.9 Å². The average Bonchev–Trinajstić information content (AvgIpc) is 2.66. The zero-order chi connectivity index (χ0) is 20.7. The summed E-state index contributed by atoms with van der Waals surface area (Å²) in [4.78, 5) is 36.6. The number of hydrogen-bond donors (Lipinski definition) is 3. The molecule has 148 valence electrons. The summed E-state index contributed by atoms with van der Waals surface area (Å²) in [6.07, 6.45) is 0.124. The first-order chi connectivity index (χ1) is 13.3. The Morgan fingerprint density at radius 2 is 1.57 bits per heavy atom. The van der Waals surface area contributed by atoms with E-state index in [1.165, 1.54) is 12.1 Å². The Balaban J connectivity index is 2.08. The number of nitrogens with one attached hydrogen (secondary N) is 2. The van der Waals surface area contributed by atoms with Crippen molar-refractivity contribution in [2.24, 2.45) is 5.92 Å². The fourth-order valence-electron chi connectivity index (χ4n) is 2.67. The van der Waals surface area contributed by atoms with Crippen molar-refractivity contribution in [3.05, 3.63) is 71.5 Å². The van der Waals surface area contributed by atoms with E-state index in [2.05, 4.69) is 10.6 Å². The van der Waals surface area contributed by atoms with E-state index in [0.717, 1.165) is 17.7 Å². The number of hydrogen-bond acceptors (Lipinski definition) is 3. The molecule has 0 bridgehead atoms. The highest BCUT2D eigenvalue weighted by Crippen LogP contribution is 2.09. The number of benzene rings is 2. The van der Waals surface area contributed by atoms with Gasteiger partial charge in [-0.05, 0) is 35.7 Å². The lowest BCUT2D eigenvalue weighted by Crippen LogP contribution is -2.54. The molecule has 0 saturated carbocycles. The van der Waals surface area contributed by atoms with Crippen molar-refractivity contribution in [2.75, 3.05) is 0 Å². The summed E-state index contributed by atoms with van der Waals surface area (Å²) in [7, 11) is 0. The molecule has 2 aromatic rings. The van der Waals surface area contributed by atoms with Crippen molar-refractivity contribution < 1.29 is 23.9 Å². The number of carboxylic acids is 1. The van der Waals surface area contributed by atoms with Gasteiger partial charge in [0, 0.05) is 12.0 Å². The van der Waals surface area contributed by atoms with Crippen LogP contribution in [0.15, 0.2) is 54.6 Å². The van der Waals surface area contributed by atoms with E-state index < -0.39 is 35.7 Å². The molecule has 0 radical (unpaired) electrons. The van der Waals surface area contributed by atoms with Crippen molar-refractivity contribution >= 4 is 17.8 Å². The highest BCUT2D eigenvalue weighted by atomic mass is 19.1. The van der Waals surface area contributed by atoms with E-state index in [9.17, 15) is 23.9 Å². The second kappa shape index (κ2) is 9.64. The smallest absolute Gasteiger partial charge is 0.326 e. The summed E-state index contributed by atoms with van der Waals surface area (Å²) in [5, 5.41) is 14.5. The molecule has 0 aliphatic rings. The third-order valence-electron chi connectivity index (χ3n) is 4.24. The van der Waals surface area contributed by atoms with Crippen LogP contribution in [0.25, 0.3) is 0 Å². The summed E-state index contributed by atoms with van der Waals surface area (Å²) in [6, 6.07) is 11.8. The van der Waals surface area contributed by atoms with Crippen LogP contribution in [0.4, 0.5) is 4.39 Å². The molecule has 2 atom stereocenters. The number of rotatable bonds is 8. The summed E-state index contributed by atoms with van der Waals surface area (Å²) < 4.78 is 13.0. The normalized spacial score (nSPS) is 12.9. The van der Waals surface area contributed by atoms with Crippen LogP contribution in [-0.2, 0) is 16.0 Å². The maximum Gasteiger partial charge on any atom is 0.326 e. The van der Waals surface area contributed by atoms with Crippen molar-refractivity contribution in [1.29, 1.82) is 0 Å². The van der Waals surface area contributed by atoms with Gasteiger partial charge in [0.15, 0.2) is 0 Å². The number of halogens is 1. The maximum absolute atomic E-state index is 13.0. The molecule has 0 aliphatic heterocycles. The molecule has 0 aromatic heterocycles. The third kappa shape index (κ3) is 5.90. The number of carbonyl (C=O) groups excluding carboxylic acids is 2. The minimum Gasteiger partial charge on any atom is -0.480 e. The van der Waals surface area contributed by atoms with Crippen LogP contribution in [-0.4, -0.2) is 35.0 Å². The Labute approximate surface area is 162 Å². The van der Waals surface area contributed by atoms with Crippen LogP contribution in [0, 0.1) is 11.7 Å². The molecule has 2 rings (SSSR count). The first-order valence-electron chi connectivity index (χ1n) is 8.91. The Morgan fingerprint density at radius 3 is 2.11 bits per heavy atom. The molecule has 6 nitrogen and oxygen atoms in total. The summed E-state index contributed by atoms with van der Waals surface area (Å²) in [6.45, 7) is 3.48. The van der Waals surface area contributed by atoms with Crippen molar-refractivity contribution in [3.63, 3.8) is 0 Å². The molecule has 7 heteroatoms. The highest BCUT2D eigenvalue weighted by molar-refractivity contribution is 5.98. The van der Waals surface area contributed by atoms with E-state index in [0.29, 0.717) is 0 Å². The second-order valence-corrected chi connectivity index (χ2v) is 6.79. The van der Waals surface area contributed by atoms with Crippen LogP contribution < -0.4 is 10.6 Å². The van der Waals surface area contributed by atoms with Crippen LogP contribution in [0.5, 0.6) is 0 Å². The largest absolute Gasteiger partial charge is 0.480 e. The quantitative estimate of drug-likeness (QED) is 0.649. The standard InChI is InChI=1S/C21H23FN2O4/c1-13(2)18(24-19(25)15-8-10-16(22)11-9-15)20(26)23-17(21(27)28)12-14-6-4-3-5-7-14/h3-11,13,17-18H,12H2,1-2H3,(H,23,26)(H,24,25)(H,27,28). The van der Waals surface area contributed by atoms with Gasteiger partial charge in [-0.15, -0.1) is 0 Å². The van der Waals surface area contributed by atoms with Crippen LogP contribution in [0.3, 0.4) is 0 Å². The van der Waals surface area contributed by atoms with Gasteiger partial charge in [-0.25, -0.2) is 9.18 Å². The lowest BCUT2D eigenvalue weighted by Gasteiger charge is -2.24.